The maximum atomic E-state index is 13.1. The molecule has 2 aromatic rings. The third-order valence-electron chi connectivity index (χ3n) is 5.70. The van der Waals surface area contributed by atoms with Gasteiger partial charge >= 0.3 is 0 Å². The second kappa shape index (κ2) is 9.68. The summed E-state index contributed by atoms with van der Waals surface area (Å²) in [5.74, 6) is 0.217. The van der Waals surface area contributed by atoms with Gasteiger partial charge in [-0.2, -0.15) is 0 Å². The predicted octanol–water partition coefficient (Wildman–Crippen LogP) is 3.84. The topological polar surface area (TPSA) is 62.3 Å². The van der Waals surface area contributed by atoms with Crippen LogP contribution in [0.5, 0.6) is 0 Å². The van der Waals surface area contributed by atoms with Crippen molar-refractivity contribution in [3.8, 4) is 11.1 Å². The molecule has 0 bridgehead atoms. The number of carbonyl (C=O) groups is 2. The standard InChI is InChI=1S/C24H31N3O2/c1-3-7-22(28)27-15-6-12-24(18-27,23(29)26-4-2)17-19-8-5-9-21(16-19)20-10-13-25-14-11-20/h5,8-11,13-14,16H,3-4,6-7,12,15,17-18H2,1-2H3,(H,26,29). The summed E-state index contributed by atoms with van der Waals surface area (Å²) in [7, 11) is 0. The average molecular weight is 394 g/mol. The lowest BCUT2D eigenvalue weighted by atomic mass is 9.74. The van der Waals surface area contributed by atoms with Gasteiger partial charge in [0.05, 0.1) is 5.41 Å². The molecule has 1 fully saturated rings. The molecule has 1 aliphatic rings. The van der Waals surface area contributed by atoms with Crippen molar-refractivity contribution in [2.45, 2.75) is 46.0 Å². The zero-order chi connectivity index (χ0) is 20.7. The highest BCUT2D eigenvalue weighted by Crippen LogP contribution is 2.35. The molecule has 5 heteroatoms. The first-order chi connectivity index (χ1) is 14.1. The summed E-state index contributed by atoms with van der Waals surface area (Å²) in [5.41, 5.74) is 2.77. The van der Waals surface area contributed by atoms with Crippen LogP contribution in [0.25, 0.3) is 11.1 Å². The third-order valence-corrected chi connectivity index (χ3v) is 5.70. The van der Waals surface area contributed by atoms with Gasteiger partial charge in [0.2, 0.25) is 11.8 Å². The number of hydrogen-bond donors (Lipinski definition) is 1. The van der Waals surface area contributed by atoms with Crippen LogP contribution >= 0.6 is 0 Å². The number of rotatable bonds is 7. The number of nitrogens with zero attached hydrogens (tertiary/aromatic N) is 2. The molecule has 29 heavy (non-hydrogen) atoms. The van der Waals surface area contributed by atoms with E-state index in [1.165, 1.54) is 0 Å². The summed E-state index contributed by atoms with van der Waals surface area (Å²) in [6.07, 6.45) is 7.24. The van der Waals surface area contributed by atoms with Crippen LogP contribution in [0, 0.1) is 5.41 Å². The Balaban J connectivity index is 1.88. The molecule has 5 nitrogen and oxygen atoms in total. The van der Waals surface area contributed by atoms with Crippen LogP contribution in [-0.2, 0) is 16.0 Å². The van der Waals surface area contributed by atoms with E-state index in [9.17, 15) is 9.59 Å². The van der Waals surface area contributed by atoms with Gasteiger partial charge in [0.25, 0.3) is 0 Å². The minimum absolute atomic E-state index is 0.0586. The van der Waals surface area contributed by atoms with E-state index in [-0.39, 0.29) is 11.8 Å². The smallest absolute Gasteiger partial charge is 0.228 e. The number of pyridine rings is 1. The van der Waals surface area contributed by atoms with Crippen LogP contribution in [0.4, 0.5) is 0 Å². The first kappa shape index (κ1) is 21.0. The van der Waals surface area contributed by atoms with Crippen LogP contribution in [0.2, 0.25) is 0 Å². The van der Waals surface area contributed by atoms with Crippen molar-refractivity contribution in [2.24, 2.45) is 5.41 Å². The molecule has 1 aromatic carbocycles. The Hall–Kier alpha value is -2.69. The number of piperidine rings is 1. The lowest BCUT2D eigenvalue weighted by Crippen LogP contribution is -2.54. The lowest BCUT2D eigenvalue weighted by Gasteiger charge is -2.42. The SMILES string of the molecule is CCCC(=O)N1CCCC(Cc2cccc(-c3ccncc3)c2)(C(=O)NCC)C1. The molecule has 1 atom stereocenters. The van der Waals surface area contributed by atoms with Gasteiger partial charge in [0.1, 0.15) is 0 Å². The highest BCUT2D eigenvalue weighted by Gasteiger charge is 2.43. The first-order valence-electron chi connectivity index (χ1n) is 10.6. The van der Waals surface area contributed by atoms with Gasteiger partial charge in [0.15, 0.2) is 0 Å². The van der Waals surface area contributed by atoms with Crippen molar-refractivity contribution in [3.05, 3.63) is 54.4 Å². The molecule has 2 amide bonds. The highest BCUT2D eigenvalue weighted by atomic mass is 16.2. The van der Waals surface area contributed by atoms with Gasteiger partial charge < -0.3 is 10.2 Å². The van der Waals surface area contributed by atoms with Gasteiger partial charge in [-0.3, -0.25) is 14.6 Å². The molecule has 0 aliphatic carbocycles. The number of carbonyl (C=O) groups excluding carboxylic acids is 2. The fraction of sp³-hybridized carbons (Fsp3) is 0.458. The van der Waals surface area contributed by atoms with Gasteiger partial charge in [-0.15, -0.1) is 0 Å². The van der Waals surface area contributed by atoms with Crippen LogP contribution in [0.3, 0.4) is 0 Å². The number of benzene rings is 1. The molecule has 1 aliphatic heterocycles. The first-order valence-corrected chi connectivity index (χ1v) is 10.6. The highest BCUT2D eigenvalue weighted by molar-refractivity contribution is 5.85. The molecule has 1 N–H and O–H groups in total. The maximum Gasteiger partial charge on any atom is 0.228 e. The van der Waals surface area contributed by atoms with Crippen molar-refractivity contribution < 1.29 is 9.59 Å². The molecule has 2 heterocycles. The second-order valence-electron chi connectivity index (χ2n) is 7.92. The van der Waals surface area contributed by atoms with E-state index in [1.54, 1.807) is 12.4 Å². The maximum absolute atomic E-state index is 13.1. The molecule has 1 unspecified atom stereocenters. The van der Waals surface area contributed by atoms with Crippen molar-refractivity contribution in [2.75, 3.05) is 19.6 Å². The number of hydrogen-bond acceptors (Lipinski definition) is 3. The van der Waals surface area contributed by atoms with Gasteiger partial charge in [-0.25, -0.2) is 0 Å². The van der Waals surface area contributed by atoms with Crippen LogP contribution < -0.4 is 5.32 Å². The molecule has 0 radical (unpaired) electrons. The fourth-order valence-corrected chi connectivity index (χ4v) is 4.27. The normalized spacial score (nSPS) is 19.0. The molecular formula is C24H31N3O2. The number of aromatic nitrogens is 1. The summed E-state index contributed by atoms with van der Waals surface area (Å²) < 4.78 is 0. The van der Waals surface area contributed by atoms with E-state index in [2.05, 4.69) is 28.5 Å². The Bertz CT molecular complexity index is 837. The van der Waals surface area contributed by atoms with Crippen LogP contribution in [0.15, 0.2) is 48.8 Å². The average Bonchev–Trinajstić information content (AvgIpc) is 2.75. The van der Waals surface area contributed by atoms with Crippen molar-refractivity contribution in [1.82, 2.24) is 15.2 Å². The summed E-state index contributed by atoms with van der Waals surface area (Å²) in [5, 5.41) is 3.03. The molecule has 0 saturated carbocycles. The lowest BCUT2D eigenvalue weighted by molar-refractivity contribution is -0.141. The third kappa shape index (κ3) is 5.03. The quantitative estimate of drug-likeness (QED) is 0.777. The van der Waals surface area contributed by atoms with Crippen molar-refractivity contribution in [1.29, 1.82) is 0 Å². The summed E-state index contributed by atoms with van der Waals surface area (Å²) in [6, 6.07) is 12.3. The monoisotopic (exact) mass is 393 g/mol. The number of likely N-dealkylation sites (tertiary alicyclic amines) is 1. The molecule has 3 rings (SSSR count). The van der Waals surface area contributed by atoms with E-state index >= 15 is 0 Å². The Morgan fingerprint density at radius 1 is 1.14 bits per heavy atom. The van der Waals surface area contributed by atoms with Gasteiger partial charge in [-0.1, -0.05) is 31.2 Å². The zero-order valence-electron chi connectivity index (χ0n) is 17.5. The van der Waals surface area contributed by atoms with Crippen molar-refractivity contribution >= 4 is 11.8 Å². The second-order valence-corrected chi connectivity index (χ2v) is 7.92. The van der Waals surface area contributed by atoms with Gasteiger partial charge in [-0.05, 0) is 61.4 Å². The molecule has 1 aromatic heterocycles. The molecule has 0 spiro atoms. The summed E-state index contributed by atoms with van der Waals surface area (Å²) in [6.45, 7) is 5.80. The van der Waals surface area contributed by atoms with E-state index in [4.69, 9.17) is 0 Å². The molecule has 1 saturated heterocycles. The number of nitrogens with one attached hydrogen (secondary N) is 1. The zero-order valence-corrected chi connectivity index (χ0v) is 17.5. The minimum atomic E-state index is -0.575. The van der Waals surface area contributed by atoms with E-state index in [0.29, 0.717) is 25.9 Å². The number of amides is 2. The fourth-order valence-electron chi connectivity index (χ4n) is 4.27. The molecular weight excluding hydrogens is 362 g/mol. The van der Waals surface area contributed by atoms with E-state index < -0.39 is 5.41 Å². The Labute approximate surface area is 173 Å². The predicted molar refractivity (Wildman–Crippen MR) is 115 cm³/mol. The summed E-state index contributed by atoms with van der Waals surface area (Å²) in [4.78, 5) is 31.7. The van der Waals surface area contributed by atoms with Crippen LogP contribution in [-0.4, -0.2) is 41.3 Å². The van der Waals surface area contributed by atoms with Crippen molar-refractivity contribution in [3.63, 3.8) is 0 Å². The van der Waals surface area contributed by atoms with Crippen LogP contribution in [0.1, 0.15) is 45.1 Å². The Kier molecular flexibility index (Phi) is 7.02. The largest absolute Gasteiger partial charge is 0.356 e. The summed E-state index contributed by atoms with van der Waals surface area (Å²) >= 11 is 0. The van der Waals surface area contributed by atoms with Gasteiger partial charge in [0, 0.05) is 38.4 Å². The minimum Gasteiger partial charge on any atom is -0.356 e. The van der Waals surface area contributed by atoms with E-state index in [1.807, 2.05) is 36.9 Å². The Morgan fingerprint density at radius 2 is 1.93 bits per heavy atom. The molecule has 154 valence electrons. The van der Waals surface area contributed by atoms with E-state index in [0.717, 1.165) is 42.5 Å². The Morgan fingerprint density at radius 3 is 2.66 bits per heavy atom.